The van der Waals surface area contributed by atoms with Gasteiger partial charge < -0.3 is 15.3 Å². The molecular formula is C19H28FIN4O. The second kappa shape index (κ2) is 10.2. The largest absolute Gasteiger partial charge is 0.386 e. The molecule has 0 aliphatic carbocycles. The van der Waals surface area contributed by atoms with Crippen LogP contribution in [0.4, 0.5) is 4.39 Å². The molecule has 0 amide bonds. The van der Waals surface area contributed by atoms with Crippen molar-refractivity contribution >= 4 is 29.9 Å². The van der Waals surface area contributed by atoms with Crippen LogP contribution in [0.25, 0.3) is 0 Å². The summed E-state index contributed by atoms with van der Waals surface area (Å²) in [5.74, 6) is 0.408. The van der Waals surface area contributed by atoms with Crippen molar-refractivity contribution in [1.29, 1.82) is 0 Å². The Morgan fingerprint density at radius 1 is 1.35 bits per heavy atom. The lowest BCUT2D eigenvalue weighted by Crippen LogP contribution is -2.43. The topological polar surface area (TPSA) is 51.1 Å². The number of likely N-dealkylation sites (tertiary alicyclic amines) is 1. The van der Waals surface area contributed by atoms with Crippen molar-refractivity contribution < 1.29 is 9.50 Å². The predicted octanol–water partition coefficient (Wildman–Crippen LogP) is 2.39. The van der Waals surface area contributed by atoms with Crippen molar-refractivity contribution in [2.24, 2.45) is 4.99 Å². The molecule has 0 aromatic heterocycles. The normalized spacial score (nSPS) is 21.7. The summed E-state index contributed by atoms with van der Waals surface area (Å²) in [6.07, 6.45) is 4.61. The molecule has 1 saturated heterocycles. The molecule has 1 aromatic carbocycles. The van der Waals surface area contributed by atoms with Gasteiger partial charge in [-0.3, -0.25) is 9.89 Å². The van der Waals surface area contributed by atoms with E-state index in [9.17, 15) is 9.50 Å². The Morgan fingerprint density at radius 2 is 2.08 bits per heavy atom. The van der Waals surface area contributed by atoms with E-state index >= 15 is 0 Å². The van der Waals surface area contributed by atoms with Crippen LogP contribution in [0.15, 0.2) is 41.4 Å². The predicted molar refractivity (Wildman–Crippen MR) is 113 cm³/mol. The van der Waals surface area contributed by atoms with Crippen molar-refractivity contribution in [3.05, 3.63) is 47.8 Å². The molecule has 2 aliphatic rings. The summed E-state index contributed by atoms with van der Waals surface area (Å²) in [5, 5.41) is 13.6. The fraction of sp³-hybridized carbons (Fsp3) is 0.526. The van der Waals surface area contributed by atoms with E-state index in [1.165, 1.54) is 6.07 Å². The van der Waals surface area contributed by atoms with Crippen molar-refractivity contribution in [3.63, 3.8) is 0 Å². The number of aliphatic hydroxyl groups excluding tert-OH is 1. The highest BCUT2D eigenvalue weighted by Gasteiger charge is 2.29. The average Bonchev–Trinajstić information content (AvgIpc) is 3.29. The van der Waals surface area contributed by atoms with Crippen LogP contribution in [0, 0.1) is 5.82 Å². The van der Waals surface area contributed by atoms with E-state index in [4.69, 9.17) is 0 Å². The summed E-state index contributed by atoms with van der Waals surface area (Å²) in [7, 11) is 0. The third kappa shape index (κ3) is 5.17. The number of guanidine groups is 1. The fourth-order valence-electron chi connectivity index (χ4n) is 3.47. The lowest BCUT2D eigenvalue weighted by atomic mass is 10.1. The third-order valence-electron chi connectivity index (χ3n) is 4.84. The first-order valence-electron chi connectivity index (χ1n) is 9.03. The lowest BCUT2D eigenvalue weighted by Gasteiger charge is -2.25. The quantitative estimate of drug-likeness (QED) is 0.298. The summed E-state index contributed by atoms with van der Waals surface area (Å²) >= 11 is 0. The summed E-state index contributed by atoms with van der Waals surface area (Å²) in [6.45, 7) is 6.87. The van der Waals surface area contributed by atoms with E-state index in [1.807, 2.05) is 6.92 Å². The van der Waals surface area contributed by atoms with Gasteiger partial charge in [-0.05, 0) is 19.4 Å². The van der Waals surface area contributed by atoms with Gasteiger partial charge in [-0.1, -0.05) is 30.4 Å². The second-order valence-corrected chi connectivity index (χ2v) is 6.55. The van der Waals surface area contributed by atoms with E-state index < -0.39 is 11.9 Å². The maximum atomic E-state index is 13.8. The van der Waals surface area contributed by atoms with Crippen LogP contribution >= 0.6 is 24.0 Å². The zero-order chi connectivity index (χ0) is 17.6. The molecule has 0 spiro atoms. The first kappa shape index (κ1) is 21.1. The number of rotatable bonds is 5. The number of nitrogens with zero attached hydrogens (tertiary/aromatic N) is 3. The summed E-state index contributed by atoms with van der Waals surface area (Å²) < 4.78 is 13.8. The number of hydrogen-bond acceptors (Lipinski definition) is 3. The average molecular weight is 474 g/mol. The van der Waals surface area contributed by atoms with Crippen molar-refractivity contribution in [2.45, 2.75) is 25.5 Å². The molecule has 0 bridgehead atoms. The summed E-state index contributed by atoms with van der Waals surface area (Å²) in [6, 6.07) is 6.86. The molecule has 2 aliphatic heterocycles. The van der Waals surface area contributed by atoms with Gasteiger partial charge in [-0.25, -0.2) is 4.39 Å². The molecule has 1 aromatic rings. The molecule has 2 unspecified atom stereocenters. The zero-order valence-electron chi connectivity index (χ0n) is 15.1. The number of aliphatic hydroxyl groups is 1. The van der Waals surface area contributed by atoms with Crippen molar-refractivity contribution in [1.82, 2.24) is 15.1 Å². The van der Waals surface area contributed by atoms with Gasteiger partial charge in [0.1, 0.15) is 11.9 Å². The van der Waals surface area contributed by atoms with Crippen molar-refractivity contribution in [3.8, 4) is 0 Å². The molecule has 26 heavy (non-hydrogen) atoms. The summed E-state index contributed by atoms with van der Waals surface area (Å²) in [4.78, 5) is 9.26. The Morgan fingerprint density at radius 3 is 2.77 bits per heavy atom. The van der Waals surface area contributed by atoms with Gasteiger partial charge in [0.05, 0.1) is 6.54 Å². The molecular weight excluding hydrogens is 446 g/mol. The van der Waals surface area contributed by atoms with Crippen LogP contribution < -0.4 is 5.32 Å². The van der Waals surface area contributed by atoms with Crippen LogP contribution in [0.1, 0.15) is 25.0 Å². The van der Waals surface area contributed by atoms with Crippen molar-refractivity contribution in [2.75, 3.05) is 39.3 Å². The van der Waals surface area contributed by atoms with E-state index in [2.05, 4.69) is 32.3 Å². The molecule has 144 valence electrons. The minimum atomic E-state index is -0.934. The minimum absolute atomic E-state index is 0. The monoisotopic (exact) mass is 474 g/mol. The molecule has 0 radical (unpaired) electrons. The molecule has 1 fully saturated rings. The molecule has 2 N–H and O–H groups in total. The van der Waals surface area contributed by atoms with Crippen LogP contribution in [-0.2, 0) is 0 Å². The Kier molecular flexibility index (Phi) is 8.30. The fourth-order valence-corrected chi connectivity index (χ4v) is 3.47. The molecule has 2 heterocycles. The van der Waals surface area contributed by atoms with Gasteiger partial charge >= 0.3 is 0 Å². The molecule has 5 nitrogen and oxygen atoms in total. The first-order valence-corrected chi connectivity index (χ1v) is 9.03. The Bertz CT molecular complexity index is 632. The number of halogens is 2. The van der Waals surface area contributed by atoms with Crippen LogP contribution in [0.3, 0.4) is 0 Å². The highest BCUT2D eigenvalue weighted by molar-refractivity contribution is 14.0. The maximum absolute atomic E-state index is 13.8. The van der Waals surface area contributed by atoms with Gasteiger partial charge in [0.25, 0.3) is 0 Å². The highest BCUT2D eigenvalue weighted by Crippen LogP contribution is 2.19. The van der Waals surface area contributed by atoms with Crippen LogP contribution in [0.2, 0.25) is 0 Å². The van der Waals surface area contributed by atoms with E-state index in [-0.39, 0.29) is 30.5 Å². The molecule has 3 rings (SSSR count). The first-order chi connectivity index (χ1) is 12.2. The zero-order valence-corrected chi connectivity index (χ0v) is 17.5. The minimum Gasteiger partial charge on any atom is -0.386 e. The molecule has 2 atom stereocenters. The summed E-state index contributed by atoms with van der Waals surface area (Å²) in [5.41, 5.74) is 0.296. The SMILES string of the molecule is CCNC(=NCC(O)c1ccccc1F)N1CCC(N2CC=CC2)C1.I. The number of aliphatic imine (C=N–C) groups is 1. The molecule has 7 heteroatoms. The van der Waals surface area contributed by atoms with E-state index in [1.54, 1.807) is 18.2 Å². The maximum Gasteiger partial charge on any atom is 0.194 e. The van der Waals surface area contributed by atoms with Crippen LogP contribution in [-0.4, -0.2) is 66.2 Å². The lowest BCUT2D eigenvalue weighted by molar-refractivity contribution is 0.181. The van der Waals surface area contributed by atoms with Crippen LogP contribution in [0.5, 0.6) is 0 Å². The molecule has 0 saturated carbocycles. The van der Waals surface area contributed by atoms with Gasteiger partial charge in [-0.2, -0.15) is 0 Å². The highest BCUT2D eigenvalue weighted by atomic mass is 127. The number of benzene rings is 1. The van der Waals surface area contributed by atoms with E-state index in [0.717, 1.165) is 45.1 Å². The number of nitrogens with one attached hydrogen (secondary N) is 1. The van der Waals surface area contributed by atoms with Gasteiger partial charge in [0.15, 0.2) is 5.96 Å². The van der Waals surface area contributed by atoms with Gasteiger partial charge in [-0.15, -0.1) is 24.0 Å². The smallest absolute Gasteiger partial charge is 0.194 e. The number of hydrogen-bond donors (Lipinski definition) is 2. The Balaban J connectivity index is 0.00000243. The Hall–Kier alpha value is -1.19. The van der Waals surface area contributed by atoms with E-state index in [0.29, 0.717) is 11.6 Å². The second-order valence-electron chi connectivity index (χ2n) is 6.55. The standard InChI is InChI=1S/C19H27FN4O.HI/c1-2-21-19(22-13-18(25)16-7-3-4-8-17(16)20)24-12-9-15(14-24)23-10-5-6-11-23;/h3-8,15,18,25H,2,9-14H2,1H3,(H,21,22);1H. The van der Waals surface area contributed by atoms with Gasteiger partial charge in [0.2, 0.25) is 0 Å². The van der Waals surface area contributed by atoms with Gasteiger partial charge in [0, 0.05) is 44.3 Å². The third-order valence-corrected chi connectivity index (χ3v) is 4.84. The Labute approximate surface area is 172 Å².